The van der Waals surface area contributed by atoms with Gasteiger partial charge in [0.15, 0.2) is 5.82 Å². The SMILES string of the molecule is Cc1nnc(N2CC3CC3C2)cc1-c1ccccc1. The number of benzene rings is 1. The van der Waals surface area contributed by atoms with E-state index in [1.54, 1.807) is 0 Å². The molecular formula is C16H17N3. The van der Waals surface area contributed by atoms with Gasteiger partial charge in [-0.1, -0.05) is 30.3 Å². The topological polar surface area (TPSA) is 29.0 Å². The van der Waals surface area contributed by atoms with E-state index in [1.807, 2.05) is 13.0 Å². The van der Waals surface area contributed by atoms with Gasteiger partial charge in [-0.3, -0.25) is 0 Å². The average molecular weight is 251 g/mol. The highest BCUT2D eigenvalue weighted by Crippen LogP contribution is 2.46. The lowest BCUT2D eigenvalue weighted by molar-refractivity contribution is 0.788. The van der Waals surface area contributed by atoms with Crippen molar-refractivity contribution in [1.82, 2.24) is 10.2 Å². The highest BCUT2D eigenvalue weighted by molar-refractivity contribution is 5.68. The molecule has 0 amide bonds. The van der Waals surface area contributed by atoms with Crippen molar-refractivity contribution in [3.05, 3.63) is 42.1 Å². The van der Waals surface area contributed by atoms with Gasteiger partial charge in [0.2, 0.25) is 0 Å². The first-order valence-electron chi connectivity index (χ1n) is 6.96. The summed E-state index contributed by atoms with van der Waals surface area (Å²) in [5, 5.41) is 8.73. The molecule has 0 spiro atoms. The van der Waals surface area contributed by atoms with Crippen LogP contribution < -0.4 is 4.90 Å². The van der Waals surface area contributed by atoms with Crippen LogP contribution in [-0.2, 0) is 0 Å². The van der Waals surface area contributed by atoms with Gasteiger partial charge in [0.1, 0.15) is 0 Å². The van der Waals surface area contributed by atoms with Crippen LogP contribution in [0.5, 0.6) is 0 Å². The Kier molecular flexibility index (Phi) is 2.34. The summed E-state index contributed by atoms with van der Waals surface area (Å²) >= 11 is 0. The van der Waals surface area contributed by atoms with E-state index in [0.717, 1.165) is 36.4 Å². The van der Waals surface area contributed by atoms with E-state index in [2.05, 4.69) is 45.4 Å². The molecule has 1 aliphatic carbocycles. The first-order chi connectivity index (χ1) is 9.31. The van der Waals surface area contributed by atoms with Crippen LogP contribution in [-0.4, -0.2) is 23.3 Å². The van der Waals surface area contributed by atoms with Crippen LogP contribution in [0.3, 0.4) is 0 Å². The summed E-state index contributed by atoms with van der Waals surface area (Å²) in [6, 6.07) is 12.6. The van der Waals surface area contributed by atoms with Crippen molar-refractivity contribution in [2.75, 3.05) is 18.0 Å². The lowest BCUT2D eigenvalue weighted by Gasteiger charge is -2.19. The molecule has 2 atom stereocenters. The Morgan fingerprint density at radius 1 is 1.05 bits per heavy atom. The molecule has 1 aromatic heterocycles. The van der Waals surface area contributed by atoms with Gasteiger partial charge < -0.3 is 4.90 Å². The van der Waals surface area contributed by atoms with Gasteiger partial charge in [0.25, 0.3) is 0 Å². The molecule has 1 aliphatic heterocycles. The maximum atomic E-state index is 4.38. The molecule has 0 N–H and O–H groups in total. The first kappa shape index (κ1) is 11.0. The number of anilines is 1. The zero-order valence-electron chi connectivity index (χ0n) is 11.1. The van der Waals surface area contributed by atoms with Crippen molar-refractivity contribution in [3.8, 4) is 11.1 Å². The summed E-state index contributed by atoms with van der Waals surface area (Å²) in [7, 11) is 0. The largest absolute Gasteiger partial charge is 0.355 e. The van der Waals surface area contributed by atoms with Gasteiger partial charge in [0.05, 0.1) is 5.69 Å². The maximum absolute atomic E-state index is 4.38. The molecule has 2 heterocycles. The van der Waals surface area contributed by atoms with Gasteiger partial charge in [-0.25, -0.2) is 0 Å². The molecule has 2 aliphatic rings. The predicted molar refractivity (Wildman–Crippen MR) is 76.0 cm³/mol. The Hall–Kier alpha value is -1.90. The van der Waals surface area contributed by atoms with Crippen LogP contribution >= 0.6 is 0 Å². The van der Waals surface area contributed by atoms with E-state index in [0.29, 0.717) is 0 Å². The first-order valence-corrected chi connectivity index (χ1v) is 6.96. The molecule has 1 saturated carbocycles. The van der Waals surface area contributed by atoms with Crippen molar-refractivity contribution in [2.45, 2.75) is 13.3 Å². The Bertz CT molecular complexity index is 599. The highest BCUT2D eigenvalue weighted by atomic mass is 15.3. The third-order valence-electron chi connectivity index (χ3n) is 4.35. The summed E-state index contributed by atoms with van der Waals surface area (Å²) in [6.07, 6.45) is 1.42. The molecule has 96 valence electrons. The number of fused-ring (bicyclic) bond motifs is 1. The van der Waals surface area contributed by atoms with E-state index < -0.39 is 0 Å². The van der Waals surface area contributed by atoms with Crippen molar-refractivity contribution >= 4 is 5.82 Å². The van der Waals surface area contributed by atoms with E-state index in [1.165, 1.54) is 17.5 Å². The Morgan fingerprint density at radius 2 is 1.79 bits per heavy atom. The second kappa shape index (κ2) is 4.05. The summed E-state index contributed by atoms with van der Waals surface area (Å²) in [5.41, 5.74) is 3.42. The lowest BCUT2D eigenvalue weighted by atomic mass is 10.1. The van der Waals surface area contributed by atoms with Crippen LogP contribution in [0.1, 0.15) is 12.1 Å². The third-order valence-corrected chi connectivity index (χ3v) is 4.35. The number of hydrogen-bond donors (Lipinski definition) is 0. The number of nitrogens with zero attached hydrogens (tertiary/aromatic N) is 3. The second-order valence-electron chi connectivity index (χ2n) is 5.73. The highest BCUT2D eigenvalue weighted by Gasteiger charge is 2.45. The minimum atomic E-state index is 0.920. The normalized spacial score (nSPS) is 24.4. The zero-order valence-corrected chi connectivity index (χ0v) is 11.1. The smallest absolute Gasteiger partial charge is 0.151 e. The molecule has 2 fully saturated rings. The van der Waals surface area contributed by atoms with Gasteiger partial charge in [-0.2, -0.15) is 5.10 Å². The molecule has 0 bridgehead atoms. The fourth-order valence-electron chi connectivity index (χ4n) is 3.09. The van der Waals surface area contributed by atoms with Crippen LogP contribution in [0.2, 0.25) is 0 Å². The molecule has 2 aromatic rings. The van der Waals surface area contributed by atoms with E-state index in [-0.39, 0.29) is 0 Å². The molecule has 3 nitrogen and oxygen atoms in total. The summed E-state index contributed by atoms with van der Waals surface area (Å²) in [4.78, 5) is 2.39. The molecule has 1 aromatic carbocycles. The Morgan fingerprint density at radius 3 is 2.53 bits per heavy atom. The second-order valence-corrected chi connectivity index (χ2v) is 5.73. The fourth-order valence-corrected chi connectivity index (χ4v) is 3.09. The Balaban J connectivity index is 1.71. The van der Waals surface area contributed by atoms with Gasteiger partial charge in [-0.05, 0) is 36.8 Å². The monoisotopic (exact) mass is 251 g/mol. The van der Waals surface area contributed by atoms with Gasteiger partial charge in [-0.15, -0.1) is 5.10 Å². The number of rotatable bonds is 2. The molecule has 4 rings (SSSR count). The van der Waals surface area contributed by atoms with E-state index in [4.69, 9.17) is 0 Å². The predicted octanol–water partition coefficient (Wildman–Crippen LogP) is 2.91. The number of aromatic nitrogens is 2. The molecule has 2 unspecified atom stereocenters. The number of hydrogen-bond acceptors (Lipinski definition) is 3. The fraction of sp³-hybridized carbons (Fsp3) is 0.375. The van der Waals surface area contributed by atoms with Gasteiger partial charge in [0, 0.05) is 18.7 Å². The summed E-state index contributed by atoms with van der Waals surface area (Å²) in [6.45, 7) is 4.36. The van der Waals surface area contributed by atoms with Crippen molar-refractivity contribution in [1.29, 1.82) is 0 Å². The molecule has 0 radical (unpaired) electrons. The third kappa shape index (κ3) is 1.89. The van der Waals surface area contributed by atoms with Crippen LogP contribution in [0.4, 0.5) is 5.82 Å². The number of piperidine rings is 1. The Labute approximate surface area is 113 Å². The maximum Gasteiger partial charge on any atom is 0.151 e. The standard InChI is InChI=1S/C16H17N3/c1-11-15(12-5-3-2-4-6-12)8-16(18-17-11)19-9-13-7-14(13)10-19/h2-6,8,13-14H,7,9-10H2,1H3. The van der Waals surface area contributed by atoms with Crippen LogP contribution in [0.25, 0.3) is 11.1 Å². The van der Waals surface area contributed by atoms with E-state index >= 15 is 0 Å². The zero-order chi connectivity index (χ0) is 12.8. The quantitative estimate of drug-likeness (QED) is 0.821. The van der Waals surface area contributed by atoms with Crippen molar-refractivity contribution < 1.29 is 0 Å². The average Bonchev–Trinajstić information content (AvgIpc) is 3.07. The van der Waals surface area contributed by atoms with Gasteiger partial charge >= 0.3 is 0 Å². The minimum Gasteiger partial charge on any atom is -0.355 e. The molecular weight excluding hydrogens is 234 g/mol. The minimum absolute atomic E-state index is 0.920. The molecule has 3 heteroatoms. The lowest BCUT2D eigenvalue weighted by Crippen LogP contribution is -2.23. The van der Waals surface area contributed by atoms with Crippen LogP contribution in [0.15, 0.2) is 36.4 Å². The van der Waals surface area contributed by atoms with E-state index in [9.17, 15) is 0 Å². The van der Waals surface area contributed by atoms with Crippen molar-refractivity contribution in [2.24, 2.45) is 11.8 Å². The molecule has 1 saturated heterocycles. The molecule has 19 heavy (non-hydrogen) atoms. The number of aryl methyl sites for hydroxylation is 1. The van der Waals surface area contributed by atoms with Crippen molar-refractivity contribution in [3.63, 3.8) is 0 Å². The summed E-state index contributed by atoms with van der Waals surface area (Å²) in [5.74, 6) is 2.88. The summed E-state index contributed by atoms with van der Waals surface area (Å²) < 4.78 is 0. The van der Waals surface area contributed by atoms with Crippen LogP contribution in [0, 0.1) is 18.8 Å².